The van der Waals surface area contributed by atoms with Gasteiger partial charge in [0, 0.05) is 6.04 Å². The van der Waals surface area contributed by atoms with Gasteiger partial charge in [0.05, 0.1) is 12.7 Å². The Morgan fingerprint density at radius 1 is 0.947 bits per heavy atom. The summed E-state index contributed by atoms with van der Waals surface area (Å²) in [7, 11) is 3.59. The number of nitrogens with one attached hydrogen (secondary N) is 1. The summed E-state index contributed by atoms with van der Waals surface area (Å²) in [5, 5.41) is 3.22. The fourth-order valence-corrected chi connectivity index (χ4v) is 1.98. The van der Waals surface area contributed by atoms with E-state index in [4.69, 9.17) is 9.47 Å². The lowest BCUT2D eigenvalue weighted by Crippen LogP contribution is -2.14. The monoisotopic (exact) mass is 257 g/mol. The molecule has 0 aromatic heterocycles. The summed E-state index contributed by atoms with van der Waals surface area (Å²) in [4.78, 5) is 0. The van der Waals surface area contributed by atoms with E-state index in [1.54, 1.807) is 7.11 Å². The fraction of sp³-hybridized carbons (Fsp3) is 0.250. The third kappa shape index (κ3) is 3.06. The maximum Gasteiger partial charge on any atom is 0.135 e. The second kappa shape index (κ2) is 6.25. The number of para-hydroxylation sites is 1. The molecule has 2 aromatic rings. The molecule has 2 aromatic carbocycles. The van der Waals surface area contributed by atoms with Gasteiger partial charge in [-0.05, 0) is 38.2 Å². The van der Waals surface area contributed by atoms with Crippen molar-refractivity contribution in [3.63, 3.8) is 0 Å². The standard InChI is InChI=1S/C16H19NO2/c1-12(17-2)16-14(18-3)10-7-11-15(16)19-13-8-5-4-6-9-13/h4-12,17H,1-3H3. The van der Waals surface area contributed by atoms with Crippen LogP contribution in [0.25, 0.3) is 0 Å². The number of hydrogen-bond acceptors (Lipinski definition) is 3. The van der Waals surface area contributed by atoms with E-state index in [2.05, 4.69) is 12.2 Å². The molecule has 0 spiro atoms. The second-order valence-electron chi connectivity index (χ2n) is 4.30. The van der Waals surface area contributed by atoms with E-state index >= 15 is 0 Å². The molecule has 19 heavy (non-hydrogen) atoms. The molecule has 1 N–H and O–H groups in total. The van der Waals surface area contributed by atoms with Gasteiger partial charge >= 0.3 is 0 Å². The topological polar surface area (TPSA) is 30.5 Å². The lowest BCUT2D eigenvalue weighted by Gasteiger charge is -2.19. The minimum atomic E-state index is 0.148. The Morgan fingerprint density at radius 2 is 1.63 bits per heavy atom. The fourth-order valence-electron chi connectivity index (χ4n) is 1.98. The van der Waals surface area contributed by atoms with Crippen molar-refractivity contribution in [2.75, 3.05) is 14.2 Å². The van der Waals surface area contributed by atoms with Gasteiger partial charge in [-0.3, -0.25) is 0 Å². The van der Waals surface area contributed by atoms with Crippen molar-refractivity contribution < 1.29 is 9.47 Å². The van der Waals surface area contributed by atoms with Crippen molar-refractivity contribution in [3.8, 4) is 17.2 Å². The SMILES string of the molecule is CNC(C)c1c(OC)cccc1Oc1ccccc1. The Balaban J connectivity index is 2.39. The number of hydrogen-bond donors (Lipinski definition) is 1. The summed E-state index contributed by atoms with van der Waals surface area (Å²) in [6.07, 6.45) is 0. The highest BCUT2D eigenvalue weighted by Gasteiger charge is 2.16. The first kappa shape index (κ1) is 13.4. The molecule has 0 amide bonds. The summed E-state index contributed by atoms with van der Waals surface area (Å²) in [6, 6.07) is 15.7. The first-order valence-electron chi connectivity index (χ1n) is 6.33. The number of ether oxygens (including phenoxy) is 2. The Kier molecular flexibility index (Phi) is 4.42. The van der Waals surface area contributed by atoms with Crippen molar-refractivity contribution in [1.82, 2.24) is 5.32 Å². The average Bonchev–Trinajstić information content (AvgIpc) is 2.47. The van der Waals surface area contributed by atoms with Crippen molar-refractivity contribution >= 4 is 0 Å². The molecule has 2 rings (SSSR count). The van der Waals surface area contributed by atoms with Crippen molar-refractivity contribution in [2.45, 2.75) is 13.0 Å². The number of methoxy groups -OCH3 is 1. The third-order valence-electron chi connectivity index (χ3n) is 3.08. The molecule has 0 aliphatic carbocycles. The van der Waals surface area contributed by atoms with E-state index < -0.39 is 0 Å². The summed E-state index contributed by atoms with van der Waals surface area (Å²) in [5.74, 6) is 2.46. The molecule has 3 nitrogen and oxygen atoms in total. The largest absolute Gasteiger partial charge is 0.496 e. The molecule has 0 aliphatic rings. The number of rotatable bonds is 5. The van der Waals surface area contributed by atoms with Gasteiger partial charge in [-0.25, -0.2) is 0 Å². The third-order valence-corrected chi connectivity index (χ3v) is 3.08. The molecule has 0 saturated carbocycles. The summed E-state index contributed by atoms with van der Waals surface area (Å²) in [5.41, 5.74) is 1.02. The molecule has 0 bridgehead atoms. The lowest BCUT2D eigenvalue weighted by atomic mass is 10.1. The van der Waals surface area contributed by atoms with E-state index in [9.17, 15) is 0 Å². The summed E-state index contributed by atoms with van der Waals surface area (Å²) < 4.78 is 11.4. The Hall–Kier alpha value is -2.00. The van der Waals surface area contributed by atoms with Crippen LogP contribution in [0, 0.1) is 0 Å². The predicted octanol–water partition coefficient (Wildman–Crippen LogP) is 3.77. The molecule has 3 heteroatoms. The maximum absolute atomic E-state index is 5.95. The molecule has 0 heterocycles. The Labute approximate surface area is 114 Å². The first-order valence-corrected chi connectivity index (χ1v) is 6.33. The van der Waals surface area contributed by atoms with Crippen LogP contribution in [0.5, 0.6) is 17.2 Å². The molecule has 100 valence electrons. The zero-order valence-corrected chi connectivity index (χ0v) is 11.5. The minimum absolute atomic E-state index is 0.148. The molecule has 0 saturated heterocycles. The lowest BCUT2D eigenvalue weighted by molar-refractivity contribution is 0.393. The maximum atomic E-state index is 5.95. The van der Waals surface area contributed by atoms with Crippen LogP contribution < -0.4 is 14.8 Å². The molecule has 0 radical (unpaired) electrons. The van der Waals surface area contributed by atoms with Gasteiger partial charge in [0.25, 0.3) is 0 Å². The van der Waals surface area contributed by atoms with Crippen molar-refractivity contribution in [3.05, 3.63) is 54.1 Å². The normalized spacial score (nSPS) is 11.9. The highest BCUT2D eigenvalue weighted by Crippen LogP contribution is 2.36. The molecule has 0 aliphatic heterocycles. The van der Waals surface area contributed by atoms with Crippen molar-refractivity contribution in [1.29, 1.82) is 0 Å². The highest BCUT2D eigenvalue weighted by molar-refractivity contribution is 5.48. The quantitative estimate of drug-likeness (QED) is 0.884. The van der Waals surface area contributed by atoms with Gasteiger partial charge in [-0.1, -0.05) is 24.3 Å². The van der Waals surface area contributed by atoms with Crippen molar-refractivity contribution in [2.24, 2.45) is 0 Å². The van der Waals surface area contributed by atoms with Gasteiger partial charge in [-0.15, -0.1) is 0 Å². The van der Waals surface area contributed by atoms with Crippen LogP contribution in [0.4, 0.5) is 0 Å². The average molecular weight is 257 g/mol. The van der Waals surface area contributed by atoms with Crippen LogP contribution in [-0.4, -0.2) is 14.2 Å². The van der Waals surface area contributed by atoms with E-state index in [-0.39, 0.29) is 6.04 Å². The van der Waals surface area contributed by atoms with Gasteiger partial charge in [0.15, 0.2) is 0 Å². The predicted molar refractivity (Wildman–Crippen MR) is 77.0 cm³/mol. The smallest absolute Gasteiger partial charge is 0.135 e. The van der Waals surface area contributed by atoms with E-state index in [0.717, 1.165) is 22.8 Å². The minimum Gasteiger partial charge on any atom is -0.496 e. The van der Waals surface area contributed by atoms with Gasteiger partial charge in [-0.2, -0.15) is 0 Å². The highest BCUT2D eigenvalue weighted by atomic mass is 16.5. The van der Waals surface area contributed by atoms with Crippen LogP contribution in [-0.2, 0) is 0 Å². The van der Waals surface area contributed by atoms with Crippen LogP contribution in [0.3, 0.4) is 0 Å². The molecule has 1 atom stereocenters. The summed E-state index contributed by atoms with van der Waals surface area (Å²) >= 11 is 0. The van der Waals surface area contributed by atoms with Crippen LogP contribution in [0.15, 0.2) is 48.5 Å². The second-order valence-corrected chi connectivity index (χ2v) is 4.30. The zero-order chi connectivity index (χ0) is 13.7. The van der Waals surface area contributed by atoms with Crippen LogP contribution >= 0.6 is 0 Å². The molecular formula is C16H19NO2. The van der Waals surface area contributed by atoms with Gasteiger partial charge in [0.1, 0.15) is 17.2 Å². The van der Waals surface area contributed by atoms with E-state index in [1.165, 1.54) is 0 Å². The Morgan fingerprint density at radius 3 is 2.26 bits per heavy atom. The molecule has 1 unspecified atom stereocenters. The van der Waals surface area contributed by atoms with Crippen LogP contribution in [0.2, 0.25) is 0 Å². The zero-order valence-electron chi connectivity index (χ0n) is 11.5. The first-order chi connectivity index (χ1) is 9.26. The van der Waals surface area contributed by atoms with Gasteiger partial charge < -0.3 is 14.8 Å². The van der Waals surface area contributed by atoms with Crippen LogP contribution in [0.1, 0.15) is 18.5 Å². The van der Waals surface area contributed by atoms with E-state index in [1.807, 2.05) is 55.6 Å². The van der Waals surface area contributed by atoms with E-state index in [0.29, 0.717) is 0 Å². The summed E-state index contributed by atoms with van der Waals surface area (Å²) in [6.45, 7) is 2.08. The molecular weight excluding hydrogens is 238 g/mol. The van der Waals surface area contributed by atoms with Gasteiger partial charge in [0.2, 0.25) is 0 Å². The Bertz CT molecular complexity index is 526. The number of benzene rings is 2. The molecule has 0 fully saturated rings.